The van der Waals surface area contributed by atoms with Crippen LogP contribution in [0, 0.1) is 0 Å². The predicted molar refractivity (Wildman–Crippen MR) is 66.8 cm³/mol. The van der Waals surface area contributed by atoms with E-state index < -0.39 is 10.0 Å². The smallest absolute Gasteiger partial charge is 0.212 e. The SMILES string of the molecule is CCCS(=O)(=O)N1CCCC1CCCBr. The highest BCUT2D eigenvalue weighted by Gasteiger charge is 2.32. The fourth-order valence-electron chi connectivity index (χ4n) is 2.15. The molecule has 1 rings (SSSR count). The number of sulfonamides is 1. The number of hydrogen-bond donors (Lipinski definition) is 0. The lowest BCUT2D eigenvalue weighted by molar-refractivity contribution is 0.369. The number of nitrogens with zero attached hydrogens (tertiary/aromatic N) is 1. The lowest BCUT2D eigenvalue weighted by Gasteiger charge is -2.23. The molecular weight excluding hydrogens is 278 g/mol. The Labute approximate surface area is 101 Å². The van der Waals surface area contributed by atoms with Gasteiger partial charge in [-0.2, -0.15) is 4.31 Å². The zero-order chi connectivity index (χ0) is 11.3. The van der Waals surface area contributed by atoms with E-state index in [1.807, 2.05) is 6.92 Å². The molecule has 0 spiro atoms. The molecular formula is C10H20BrNO2S. The third kappa shape index (κ3) is 3.71. The van der Waals surface area contributed by atoms with E-state index in [2.05, 4.69) is 15.9 Å². The molecule has 0 bridgehead atoms. The minimum atomic E-state index is -2.97. The zero-order valence-electron chi connectivity index (χ0n) is 9.28. The van der Waals surface area contributed by atoms with Crippen LogP contribution in [0.4, 0.5) is 0 Å². The van der Waals surface area contributed by atoms with Crippen molar-refractivity contribution in [3.05, 3.63) is 0 Å². The van der Waals surface area contributed by atoms with Crippen LogP contribution in [-0.4, -0.2) is 36.4 Å². The summed E-state index contributed by atoms with van der Waals surface area (Å²) in [5, 5.41) is 0.963. The maximum Gasteiger partial charge on any atom is 0.214 e. The molecule has 1 aliphatic rings. The molecule has 0 aromatic carbocycles. The number of rotatable bonds is 6. The molecule has 90 valence electrons. The van der Waals surface area contributed by atoms with Crippen molar-refractivity contribution in [1.82, 2.24) is 4.31 Å². The molecule has 0 aliphatic carbocycles. The largest absolute Gasteiger partial charge is 0.214 e. The van der Waals surface area contributed by atoms with Crippen molar-refractivity contribution in [3.63, 3.8) is 0 Å². The lowest BCUT2D eigenvalue weighted by atomic mass is 10.1. The Bertz CT molecular complexity index is 279. The first-order chi connectivity index (χ1) is 7.11. The summed E-state index contributed by atoms with van der Waals surface area (Å²) < 4.78 is 25.6. The van der Waals surface area contributed by atoms with E-state index in [-0.39, 0.29) is 6.04 Å². The highest BCUT2D eigenvalue weighted by atomic mass is 79.9. The molecule has 0 aromatic rings. The topological polar surface area (TPSA) is 37.4 Å². The molecule has 0 aromatic heterocycles. The summed E-state index contributed by atoms with van der Waals surface area (Å²) in [5.41, 5.74) is 0. The Morgan fingerprint density at radius 2 is 2.20 bits per heavy atom. The first kappa shape index (κ1) is 13.5. The molecule has 1 unspecified atom stereocenters. The molecule has 3 nitrogen and oxygen atoms in total. The first-order valence-corrected chi connectivity index (χ1v) is 8.40. The Morgan fingerprint density at radius 1 is 1.47 bits per heavy atom. The van der Waals surface area contributed by atoms with Crippen LogP contribution in [0.3, 0.4) is 0 Å². The average molecular weight is 298 g/mol. The quantitative estimate of drug-likeness (QED) is 0.706. The summed E-state index contributed by atoms with van der Waals surface area (Å²) in [5.74, 6) is 0.303. The fourth-order valence-corrected chi connectivity index (χ4v) is 4.30. The van der Waals surface area contributed by atoms with Crippen LogP contribution in [-0.2, 0) is 10.0 Å². The van der Waals surface area contributed by atoms with Crippen LogP contribution in [0.25, 0.3) is 0 Å². The van der Waals surface area contributed by atoms with E-state index in [9.17, 15) is 8.42 Å². The Morgan fingerprint density at radius 3 is 2.80 bits per heavy atom. The van der Waals surface area contributed by atoms with E-state index in [1.54, 1.807) is 4.31 Å². The minimum absolute atomic E-state index is 0.263. The second-order valence-electron chi connectivity index (χ2n) is 4.05. The third-order valence-corrected chi connectivity index (χ3v) is 5.49. The van der Waals surface area contributed by atoms with Gasteiger partial charge in [-0.25, -0.2) is 8.42 Å². The Hall–Kier alpha value is 0.390. The lowest BCUT2D eigenvalue weighted by Crippen LogP contribution is -2.37. The fraction of sp³-hybridized carbons (Fsp3) is 1.00. The molecule has 1 aliphatic heterocycles. The van der Waals surface area contributed by atoms with Crippen molar-refractivity contribution in [2.45, 2.75) is 45.1 Å². The molecule has 0 amide bonds. The summed E-state index contributed by atoms with van der Waals surface area (Å²) in [6.45, 7) is 2.65. The Kier molecular flexibility index (Phi) is 5.57. The average Bonchev–Trinajstić information content (AvgIpc) is 2.63. The van der Waals surface area contributed by atoms with Gasteiger partial charge in [-0.15, -0.1) is 0 Å². The van der Waals surface area contributed by atoms with Gasteiger partial charge in [0.25, 0.3) is 0 Å². The summed E-state index contributed by atoms with van der Waals surface area (Å²) in [4.78, 5) is 0. The third-order valence-electron chi connectivity index (χ3n) is 2.81. The van der Waals surface area contributed by atoms with Crippen LogP contribution >= 0.6 is 15.9 Å². The van der Waals surface area contributed by atoms with E-state index in [1.165, 1.54) is 0 Å². The van der Waals surface area contributed by atoms with Crippen LogP contribution in [0.5, 0.6) is 0 Å². The van der Waals surface area contributed by atoms with Gasteiger partial charge in [0.15, 0.2) is 0 Å². The molecule has 1 atom stereocenters. The van der Waals surface area contributed by atoms with Gasteiger partial charge in [-0.05, 0) is 32.1 Å². The highest BCUT2D eigenvalue weighted by Crippen LogP contribution is 2.25. The normalized spacial score (nSPS) is 23.5. The summed E-state index contributed by atoms with van der Waals surface area (Å²) >= 11 is 3.39. The van der Waals surface area contributed by atoms with Crippen LogP contribution in [0.1, 0.15) is 39.0 Å². The van der Waals surface area contributed by atoms with Gasteiger partial charge in [0.1, 0.15) is 0 Å². The van der Waals surface area contributed by atoms with Gasteiger partial charge in [0, 0.05) is 17.9 Å². The van der Waals surface area contributed by atoms with Gasteiger partial charge in [0.2, 0.25) is 10.0 Å². The first-order valence-electron chi connectivity index (χ1n) is 5.67. The standard InChI is InChI=1S/C10H20BrNO2S/c1-2-9-15(13,14)12-8-4-6-10(12)5-3-7-11/h10H,2-9H2,1H3. The molecule has 0 radical (unpaired) electrons. The predicted octanol–water partition coefficient (Wildman–Crippen LogP) is 2.37. The van der Waals surface area contributed by atoms with Crippen molar-refractivity contribution in [3.8, 4) is 0 Å². The second-order valence-corrected chi connectivity index (χ2v) is 6.89. The van der Waals surface area contributed by atoms with E-state index in [0.29, 0.717) is 12.2 Å². The second kappa shape index (κ2) is 6.21. The van der Waals surface area contributed by atoms with Crippen LogP contribution in [0.15, 0.2) is 0 Å². The maximum absolute atomic E-state index is 11.9. The van der Waals surface area contributed by atoms with Gasteiger partial charge in [-0.3, -0.25) is 0 Å². The van der Waals surface area contributed by atoms with Crippen molar-refractivity contribution in [2.75, 3.05) is 17.6 Å². The monoisotopic (exact) mass is 297 g/mol. The van der Waals surface area contributed by atoms with Crippen LogP contribution in [0.2, 0.25) is 0 Å². The van der Waals surface area contributed by atoms with E-state index in [0.717, 1.165) is 37.6 Å². The maximum atomic E-state index is 11.9. The van der Waals surface area contributed by atoms with Gasteiger partial charge >= 0.3 is 0 Å². The highest BCUT2D eigenvalue weighted by molar-refractivity contribution is 9.09. The van der Waals surface area contributed by atoms with Crippen molar-refractivity contribution < 1.29 is 8.42 Å². The van der Waals surface area contributed by atoms with Gasteiger partial charge in [0.05, 0.1) is 5.75 Å². The van der Waals surface area contributed by atoms with Crippen molar-refractivity contribution in [1.29, 1.82) is 0 Å². The van der Waals surface area contributed by atoms with Gasteiger partial charge < -0.3 is 0 Å². The molecule has 1 heterocycles. The molecule has 1 saturated heterocycles. The van der Waals surface area contributed by atoms with Crippen molar-refractivity contribution in [2.24, 2.45) is 0 Å². The number of halogens is 1. The molecule has 0 N–H and O–H groups in total. The number of hydrogen-bond acceptors (Lipinski definition) is 2. The molecule has 5 heteroatoms. The summed E-state index contributed by atoms with van der Waals surface area (Å²) in [6, 6.07) is 0.263. The van der Waals surface area contributed by atoms with Crippen LogP contribution < -0.4 is 0 Å². The molecule has 15 heavy (non-hydrogen) atoms. The molecule has 0 saturated carbocycles. The Balaban J connectivity index is 2.59. The minimum Gasteiger partial charge on any atom is -0.212 e. The van der Waals surface area contributed by atoms with E-state index in [4.69, 9.17) is 0 Å². The molecule has 1 fully saturated rings. The number of alkyl halides is 1. The van der Waals surface area contributed by atoms with E-state index >= 15 is 0 Å². The van der Waals surface area contributed by atoms with Crippen molar-refractivity contribution >= 4 is 26.0 Å². The summed E-state index contributed by atoms with van der Waals surface area (Å²) in [7, 11) is -2.97. The zero-order valence-corrected chi connectivity index (χ0v) is 11.7. The summed E-state index contributed by atoms with van der Waals surface area (Å²) in [6.07, 6.45) is 4.83. The van der Waals surface area contributed by atoms with Gasteiger partial charge in [-0.1, -0.05) is 22.9 Å².